The summed E-state index contributed by atoms with van der Waals surface area (Å²) in [5.41, 5.74) is 2.38. The van der Waals surface area contributed by atoms with Crippen LogP contribution in [0.4, 0.5) is 5.69 Å². The molecule has 1 amide bonds. The number of nitrogens with one attached hydrogen (secondary N) is 1. The third kappa shape index (κ3) is 3.95. The van der Waals surface area contributed by atoms with Gasteiger partial charge in [0.15, 0.2) is 11.5 Å². The van der Waals surface area contributed by atoms with Gasteiger partial charge in [0.1, 0.15) is 0 Å². The Morgan fingerprint density at radius 2 is 1.84 bits per heavy atom. The Kier molecular flexibility index (Phi) is 4.95. The minimum Gasteiger partial charge on any atom is -0.493 e. The molecule has 0 aliphatic heterocycles. The van der Waals surface area contributed by atoms with Gasteiger partial charge in [0, 0.05) is 11.5 Å². The van der Waals surface area contributed by atoms with Crippen LogP contribution in [0.1, 0.15) is 5.56 Å². The van der Waals surface area contributed by atoms with Gasteiger partial charge >= 0.3 is 0 Å². The quantitative estimate of drug-likeness (QED) is 0.719. The highest BCUT2D eigenvalue weighted by atomic mass is 16.5. The average molecular weight is 334 g/mol. The molecular formula is C20H18N2O3. The molecule has 1 heterocycles. The van der Waals surface area contributed by atoms with Crippen molar-refractivity contribution in [3.8, 4) is 11.5 Å². The Morgan fingerprint density at radius 1 is 1.04 bits per heavy atom. The second kappa shape index (κ2) is 7.49. The first kappa shape index (κ1) is 16.5. The number of rotatable bonds is 5. The molecule has 126 valence electrons. The zero-order valence-electron chi connectivity index (χ0n) is 14.0. The molecule has 0 saturated carbocycles. The minimum absolute atomic E-state index is 0.230. The number of methoxy groups -OCH3 is 2. The van der Waals surface area contributed by atoms with Crippen LogP contribution in [0, 0.1) is 0 Å². The summed E-state index contributed by atoms with van der Waals surface area (Å²) in [4.78, 5) is 16.4. The van der Waals surface area contributed by atoms with E-state index in [1.54, 1.807) is 38.6 Å². The van der Waals surface area contributed by atoms with E-state index in [0.29, 0.717) is 17.2 Å². The molecule has 5 nitrogen and oxygen atoms in total. The molecule has 0 fully saturated rings. The Hall–Kier alpha value is -3.34. The number of ether oxygens (including phenoxy) is 2. The number of carbonyl (C=O) groups excluding carboxylic acids is 1. The molecule has 1 N–H and O–H groups in total. The molecule has 0 radical (unpaired) electrons. The van der Waals surface area contributed by atoms with Gasteiger partial charge in [-0.25, -0.2) is 0 Å². The summed E-state index contributed by atoms with van der Waals surface area (Å²) in [6.45, 7) is 0. The number of hydrogen-bond donors (Lipinski definition) is 1. The van der Waals surface area contributed by atoms with E-state index in [-0.39, 0.29) is 5.91 Å². The number of amides is 1. The number of pyridine rings is 1. The van der Waals surface area contributed by atoms with Crippen molar-refractivity contribution >= 4 is 28.6 Å². The molecule has 0 unspecified atom stereocenters. The third-order valence-electron chi connectivity index (χ3n) is 3.69. The Labute approximate surface area is 145 Å². The zero-order valence-corrected chi connectivity index (χ0v) is 14.0. The van der Waals surface area contributed by atoms with Crippen molar-refractivity contribution in [1.82, 2.24) is 4.98 Å². The maximum atomic E-state index is 12.1. The third-order valence-corrected chi connectivity index (χ3v) is 3.69. The van der Waals surface area contributed by atoms with Crippen LogP contribution < -0.4 is 14.8 Å². The molecule has 0 atom stereocenters. The van der Waals surface area contributed by atoms with E-state index in [4.69, 9.17) is 9.47 Å². The lowest BCUT2D eigenvalue weighted by Gasteiger charge is -2.07. The fraction of sp³-hybridized carbons (Fsp3) is 0.100. The van der Waals surface area contributed by atoms with E-state index in [1.807, 2.05) is 36.4 Å². The van der Waals surface area contributed by atoms with Gasteiger partial charge in [0.25, 0.3) is 0 Å². The monoisotopic (exact) mass is 334 g/mol. The molecule has 25 heavy (non-hydrogen) atoms. The highest BCUT2D eigenvalue weighted by Gasteiger charge is 2.04. The lowest BCUT2D eigenvalue weighted by Crippen LogP contribution is -2.07. The second-order valence-corrected chi connectivity index (χ2v) is 5.35. The summed E-state index contributed by atoms with van der Waals surface area (Å²) >= 11 is 0. The maximum absolute atomic E-state index is 12.1. The summed E-state index contributed by atoms with van der Waals surface area (Å²) < 4.78 is 10.4. The fourth-order valence-corrected chi connectivity index (χ4v) is 2.45. The van der Waals surface area contributed by atoms with Gasteiger partial charge in [0.05, 0.1) is 31.6 Å². The maximum Gasteiger partial charge on any atom is 0.248 e. The molecule has 0 bridgehead atoms. The average Bonchev–Trinajstić information content (AvgIpc) is 2.66. The summed E-state index contributed by atoms with van der Waals surface area (Å²) in [5, 5.41) is 3.79. The van der Waals surface area contributed by atoms with E-state index in [2.05, 4.69) is 10.3 Å². The van der Waals surface area contributed by atoms with Gasteiger partial charge in [-0.3, -0.25) is 9.78 Å². The molecular weight excluding hydrogens is 316 g/mol. The Balaban J connectivity index is 1.71. The number of benzene rings is 2. The van der Waals surface area contributed by atoms with Crippen LogP contribution in [0.15, 0.2) is 60.8 Å². The lowest BCUT2D eigenvalue weighted by molar-refractivity contribution is -0.111. The molecule has 2 aromatic carbocycles. The summed E-state index contributed by atoms with van der Waals surface area (Å²) in [6, 6.07) is 15.1. The first-order valence-corrected chi connectivity index (χ1v) is 7.75. The van der Waals surface area contributed by atoms with Gasteiger partial charge < -0.3 is 14.8 Å². The van der Waals surface area contributed by atoms with E-state index in [9.17, 15) is 4.79 Å². The number of anilines is 1. The zero-order chi connectivity index (χ0) is 17.6. The first-order valence-electron chi connectivity index (χ1n) is 7.75. The van der Waals surface area contributed by atoms with Gasteiger partial charge in [0.2, 0.25) is 5.91 Å². The number of para-hydroxylation sites is 1. The van der Waals surface area contributed by atoms with E-state index in [1.165, 1.54) is 6.08 Å². The van der Waals surface area contributed by atoms with Crippen LogP contribution >= 0.6 is 0 Å². The highest BCUT2D eigenvalue weighted by molar-refractivity contribution is 6.02. The Bertz CT molecular complexity index is 935. The SMILES string of the molecule is COc1ccc(C=CC(=O)Nc2cnc3ccccc3c2)cc1OC. The molecule has 0 spiro atoms. The smallest absolute Gasteiger partial charge is 0.248 e. The van der Waals surface area contributed by atoms with Gasteiger partial charge in [-0.2, -0.15) is 0 Å². The van der Waals surface area contributed by atoms with E-state index < -0.39 is 0 Å². The van der Waals surface area contributed by atoms with Crippen molar-refractivity contribution in [3.05, 3.63) is 66.4 Å². The molecule has 3 aromatic rings. The second-order valence-electron chi connectivity index (χ2n) is 5.35. The minimum atomic E-state index is -0.230. The van der Waals surface area contributed by atoms with Crippen LogP contribution in [-0.4, -0.2) is 25.1 Å². The predicted octanol–water partition coefficient (Wildman–Crippen LogP) is 3.90. The first-order chi connectivity index (χ1) is 12.2. The summed E-state index contributed by atoms with van der Waals surface area (Å²) in [5.74, 6) is 1.03. The number of hydrogen-bond acceptors (Lipinski definition) is 4. The number of fused-ring (bicyclic) bond motifs is 1. The van der Waals surface area contributed by atoms with Crippen molar-refractivity contribution in [2.24, 2.45) is 0 Å². The van der Waals surface area contributed by atoms with Crippen molar-refractivity contribution in [3.63, 3.8) is 0 Å². The van der Waals surface area contributed by atoms with Crippen molar-refractivity contribution in [1.29, 1.82) is 0 Å². The lowest BCUT2D eigenvalue weighted by atomic mass is 10.2. The number of aromatic nitrogens is 1. The Morgan fingerprint density at radius 3 is 2.64 bits per heavy atom. The molecule has 1 aromatic heterocycles. The van der Waals surface area contributed by atoms with Crippen LogP contribution in [-0.2, 0) is 4.79 Å². The highest BCUT2D eigenvalue weighted by Crippen LogP contribution is 2.28. The summed E-state index contributed by atoms with van der Waals surface area (Å²) in [7, 11) is 3.16. The van der Waals surface area contributed by atoms with Crippen molar-refractivity contribution in [2.75, 3.05) is 19.5 Å². The van der Waals surface area contributed by atoms with Gasteiger partial charge in [-0.15, -0.1) is 0 Å². The van der Waals surface area contributed by atoms with Crippen LogP contribution in [0.3, 0.4) is 0 Å². The fourth-order valence-electron chi connectivity index (χ4n) is 2.45. The van der Waals surface area contributed by atoms with E-state index >= 15 is 0 Å². The van der Waals surface area contributed by atoms with Gasteiger partial charge in [-0.1, -0.05) is 24.3 Å². The van der Waals surface area contributed by atoms with Crippen molar-refractivity contribution < 1.29 is 14.3 Å². The van der Waals surface area contributed by atoms with E-state index in [0.717, 1.165) is 16.5 Å². The summed E-state index contributed by atoms with van der Waals surface area (Å²) in [6.07, 6.45) is 4.83. The topological polar surface area (TPSA) is 60.5 Å². The van der Waals surface area contributed by atoms with Crippen molar-refractivity contribution in [2.45, 2.75) is 0 Å². The molecule has 0 aliphatic carbocycles. The molecule has 0 aliphatic rings. The number of carbonyl (C=O) groups is 1. The molecule has 0 saturated heterocycles. The largest absolute Gasteiger partial charge is 0.493 e. The molecule has 3 rings (SSSR count). The van der Waals surface area contributed by atoms with Crippen LogP contribution in [0.25, 0.3) is 17.0 Å². The van der Waals surface area contributed by atoms with Crippen LogP contribution in [0.2, 0.25) is 0 Å². The normalized spacial score (nSPS) is 10.8. The van der Waals surface area contributed by atoms with Gasteiger partial charge in [-0.05, 0) is 35.9 Å². The standard InChI is InChI=1S/C20H18N2O3/c1-24-18-9-7-14(11-19(18)25-2)8-10-20(23)22-16-12-15-5-3-4-6-17(15)21-13-16/h3-13H,1-2H3,(H,22,23). The number of nitrogens with zero attached hydrogens (tertiary/aromatic N) is 1. The molecule has 5 heteroatoms. The predicted molar refractivity (Wildman–Crippen MR) is 99.0 cm³/mol. The van der Waals surface area contributed by atoms with Crippen LogP contribution in [0.5, 0.6) is 11.5 Å².